The number of hydrazone groups is 1. The van der Waals surface area contributed by atoms with Crippen LogP contribution >= 0.6 is 0 Å². The van der Waals surface area contributed by atoms with E-state index in [0.29, 0.717) is 16.9 Å². The lowest BCUT2D eigenvalue weighted by atomic mass is 9.97. The minimum absolute atomic E-state index is 0.0625. The minimum atomic E-state index is -0.421. The van der Waals surface area contributed by atoms with Crippen molar-refractivity contribution in [3.05, 3.63) is 5.56 Å². The average Bonchev–Trinajstić information content (AvgIpc) is 2.54. The molecule has 0 fully saturated rings. The third-order valence-electron chi connectivity index (χ3n) is 1.84. The lowest BCUT2D eigenvalue weighted by molar-refractivity contribution is 0.246. The Hall–Kier alpha value is -1.92. The van der Waals surface area contributed by atoms with E-state index in [9.17, 15) is 9.90 Å². The first-order chi connectivity index (χ1) is 7.06. The number of carbonyl (C=O) groups is 1. The van der Waals surface area contributed by atoms with Crippen molar-refractivity contribution in [1.29, 1.82) is 0 Å². The van der Waals surface area contributed by atoms with Crippen molar-refractivity contribution in [1.82, 2.24) is 20.9 Å². The molecule has 78 valence electrons. The van der Waals surface area contributed by atoms with Gasteiger partial charge in [-0.05, 0) is 6.92 Å². The third kappa shape index (κ3) is 2.52. The summed E-state index contributed by atoms with van der Waals surface area (Å²) in [6, 6.07) is -0.421. The number of aromatic amines is 1. The maximum absolute atomic E-state index is 10.8. The summed E-state index contributed by atoms with van der Waals surface area (Å²) in [6.07, 6.45) is 0. The molecule has 15 heavy (non-hydrogen) atoms. The maximum atomic E-state index is 10.8. The topological polar surface area (TPSA) is 102 Å². The molecule has 0 radical (unpaired) electrons. The number of aromatic nitrogens is 2. The fourth-order valence-corrected chi connectivity index (χ4v) is 1.10. The van der Waals surface area contributed by atoms with E-state index in [-0.39, 0.29) is 5.88 Å². The molecule has 1 heterocycles. The summed E-state index contributed by atoms with van der Waals surface area (Å²) < 4.78 is 0. The van der Waals surface area contributed by atoms with Crippen LogP contribution in [0.4, 0.5) is 4.79 Å². The van der Waals surface area contributed by atoms with E-state index in [1.54, 1.807) is 14.8 Å². The Bertz CT molecular complexity index is 383. The van der Waals surface area contributed by atoms with E-state index >= 15 is 0 Å². The van der Waals surface area contributed by atoms with Gasteiger partial charge in [-0.3, -0.25) is 0 Å². The SMILES string of the molecule is BNC(=O)N/N=C(\C)c1c(B)n[nH]c1O. The van der Waals surface area contributed by atoms with Gasteiger partial charge in [0.25, 0.3) is 0 Å². The standard InChI is InChI=1S/C6H11B2N5O2/c1-2(10-13-6(15)9-8)3-4(7)11-12-5(3)14/h7-8H2,1H3,(H2,9,13,15)(H2,11,12,14)/b10-2+. The van der Waals surface area contributed by atoms with Gasteiger partial charge in [-0.15, -0.1) is 0 Å². The van der Waals surface area contributed by atoms with Crippen LogP contribution in [0.3, 0.4) is 0 Å². The number of urea groups is 1. The van der Waals surface area contributed by atoms with Gasteiger partial charge in [0, 0.05) is 5.59 Å². The first kappa shape index (κ1) is 11.2. The molecule has 0 unspecified atom stereocenters. The van der Waals surface area contributed by atoms with Crippen LogP contribution in [0.1, 0.15) is 12.5 Å². The number of H-pyrrole nitrogens is 1. The molecular formula is C6H11B2N5O2. The number of amides is 2. The first-order valence-corrected chi connectivity index (χ1v) is 4.32. The number of nitrogens with one attached hydrogen (secondary N) is 3. The van der Waals surface area contributed by atoms with Gasteiger partial charge in [0.15, 0.2) is 7.85 Å². The van der Waals surface area contributed by atoms with Gasteiger partial charge in [0.1, 0.15) is 0 Å². The molecular weight excluding hydrogens is 196 g/mol. The summed E-state index contributed by atoms with van der Waals surface area (Å²) in [4.78, 5) is 10.8. The number of carbonyl (C=O) groups excluding carboxylic acids is 1. The van der Waals surface area contributed by atoms with Crippen LogP contribution in [0, 0.1) is 0 Å². The molecule has 0 aliphatic heterocycles. The van der Waals surface area contributed by atoms with Gasteiger partial charge in [0.05, 0.1) is 11.3 Å². The zero-order valence-corrected chi connectivity index (χ0v) is 8.75. The van der Waals surface area contributed by atoms with Crippen molar-refractivity contribution >= 4 is 33.2 Å². The first-order valence-electron chi connectivity index (χ1n) is 4.32. The zero-order valence-electron chi connectivity index (χ0n) is 8.75. The highest BCUT2D eigenvalue weighted by molar-refractivity contribution is 6.35. The van der Waals surface area contributed by atoms with E-state index in [1.807, 2.05) is 0 Å². The summed E-state index contributed by atoms with van der Waals surface area (Å²) in [5.74, 6) is -0.0625. The van der Waals surface area contributed by atoms with Crippen molar-refractivity contribution < 1.29 is 9.90 Å². The highest BCUT2D eigenvalue weighted by atomic mass is 16.3. The summed E-state index contributed by atoms with van der Waals surface area (Å²) in [7, 11) is 3.21. The smallest absolute Gasteiger partial charge is 0.322 e. The maximum Gasteiger partial charge on any atom is 0.322 e. The van der Waals surface area contributed by atoms with Crippen LogP contribution in [0.5, 0.6) is 5.88 Å². The minimum Gasteiger partial charge on any atom is -0.493 e. The molecule has 4 N–H and O–H groups in total. The number of hydrogen-bond acceptors (Lipinski definition) is 4. The van der Waals surface area contributed by atoms with Crippen LogP contribution in [-0.2, 0) is 0 Å². The quantitative estimate of drug-likeness (QED) is 0.235. The van der Waals surface area contributed by atoms with Gasteiger partial charge in [0.2, 0.25) is 13.9 Å². The molecule has 0 aliphatic carbocycles. The normalized spacial score (nSPS) is 11.1. The second-order valence-electron chi connectivity index (χ2n) is 2.92. The number of hydrogen-bond donors (Lipinski definition) is 4. The fourth-order valence-electron chi connectivity index (χ4n) is 1.10. The van der Waals surface area contributed by atoms with E-state index in [0.717, 1.165) is 0 Å². The van der Waals surface area contributed by atoms with Crippen LogP contribution in [0.25, 0.3) is 0 Å². The van der Waals surface area contributed by atoms with Gasteiger partial charge in [-0.25, -0.2) is 15.3 Å². The lowest BCUT2D eigenvalue weighted by Crippen LogP contribution is -2.31. The van der Waals surface area contributed by atoms with Gasteiger partial charge >= 0.3 is 6.03 Å². The molecule has 0 spiro atoms. The van der Waals surface area contributed by atoms with Gasteiger partial charge in [-0.2, -0.15) is 10.2 Å². The number of aromatic hydroxyl groups is 1. The monoisotopic (exact) mass is 207 g/mol. The summed E-state index contributed by atoms with van der Waals surface area (Å²) >= 11 is 0. The molecule has 2 amide bonds. The molecule has 1 rings (SSSR count). The van der Waals surface area contributed by atoms with E-state index in [2.05, 4.69) is 26.0 Å². The molecule has 0 bridgehead atoms. The Balaban J connectivity index is 2.84. The van der Waals surface area contributed by atoms with Crippen molar-refractivity contribution in [2.24, 2.45) is 5.10 Å². The van der Waals surface area contributed by atoms with Crippen LogP contribution < -0.4 is 16.2 Å². The van der Waals surface area contributed by atoms with E-state index < -0.39 is 6.03 Å². The van der Waals surface area contributed by atoms with Crippen LogP contribution in [0.2, 0.25) is 0 Å². The third-order valence-corrected chi connectivity index (χ3v) is 1.84. The predicted octanol–water partition coefficient (Wildman–Crippen LogP) is -3.06. The predicted molar refractivity (Wildman–Crippen MR) is 60.9 cm³/mol. The summed E-state index contributed by atoms with van der Waals surface area (Å²) in [6.45, 7) is 1.66. The second-order valence-corrected chi connectivity index (χ2v) is 2.92. The Labute approximate surface area is 88.2 Å². The second kappa shape index (κ2) is 4.54. The van der Waals surface area contributed by atoms with Gasteiger partial charge in [-0.1, -0.05) is 0 Å². The van der Waals surface area contributed by atoms with Crippen molar-refractivity contribution in [2.75, 3.05) is 0 Å². The van der Waals surface area contributed by atoms with Gasteiger partial charge < -0.3 is 10.3 Å². The molecule has 7 nitrogen and oxygen atoms in total. The Kier molecular flexibility index (Phi) is 3.37. The molecule has 1 aromatic rings. The largest absolute Gasteiger partial charge is 0.493 e. The number of rotatable bonds is 2. The van der Waals surface area contributed by atoms with E-state index in [4.69, 9.17) is 0 Å². The molecule has 0 saturated heterocycles. The highest BCUT2D eigenvalue weighted by Gasteiger charge is 2.11. The molecule has 0 atom stereocenters. The molecule has 9 heteroatoms. The van der Waals surface area contributed by atoms with E-state index in [1.165, 1.54) is 7.98 Å². The van der Waals surface area contributed by atoms with Crippen molar-refractivity contribution in [3.63, 3.8) is 0 Å². The molecule has 0 aromatic carbocycles. The Morgan fingerprint density at radius 1 is 1.67 bits per heavy atom. The van der Waals surface area contributed by atoms with Crippen LogP contribution in [0.15, 0.2) is 5.10 Å². The Morgan fingerprint density at radius 3 is 2.80 bits per heavy atom. The molecule has 0 aliphatic rings. The average molecular weight is 207 g/mol. The van der Waals surface area contributed by atoms with Crippen molar-refractivity contribution in [2.45, 2.75) is 6.92 Å². The molecule has 0 saturated carbocycles. The number of nitrogens with zero attached hydrogens (tertiary/aromatic N) is 2. The lowest BCUT2D eigenvalue weighted by Gasteiger charge is -2.01. The van der Waals surface area contributed by atoms with Crippen molar-refractivity contribution in [3.8, 4) is 5.88 Å². The molecule has 1 aromatic heterocycles. The highest BCUT2D eigenvalue weighted by Crippen LogP contribution is 2.09. The Morgan fingerprint density at radius 2 is 2.33 bits per heavy atom. The summed E-state index contributed by atoms with van der Waals surface area (Å²) in [5.41, 5.74) is 3.84. The zero-order chi connectivity index (χ0) is 11.4. The van der Waals surface area contributed by atoms with Crippen LogP contribution in [-0.4, -0.2) is 42.9 Å². The fraction of sp³-hybridized carbons (Fsp3) is 0.167. The summed E-state index contributed by atoms with van der Waals surface area (Å²) in [5, 5.41) is 21.8.